The van der Waals surface area contributed by atoms with Crippen LogP contribution < -0.4 is 4.74 Å². The van der Waals surface area contributed by atoms with E-state index in [1.807, 2.05) is 42.5 Å². The monoisotopic (exact) mass is 365 g/mol. The van der Waals surface area contributed by atoms with Crippen molar-refractivity contribution in [3.05, 3.63) is 94.5 Å². The molecule has 0 saturated heterocycles. The van der Waals surface area contributed by atoms with Crippen molar-refractivity contribution in [1.82, 2.24) is 0 Å². The number of hydrogen-bond acceptors (Lipinski definition) is 3. The van der Waals surface area contributed by atoms with Crippen molar-refractivity contribution in [2.45, 2.75) is 6.61 Å². The van der Waals surface area contributed by atoms with Gasteiger partial charge in [-0.3, -0.25) is 4.99 Å². The molecule has 0 heterocycles. The highest BCUT2D eigenvalue weighted by Gasteiger charge is 2.04. The summed E-state index contributed by atoms with van der Waals surface area (Å²) in [5, 5.41) is 9.52. The third kappa shape index (κ3) is 4.49. The van der Waals surface area contributed by atoms with E-state index in [9.17, 15) is 4.79 Å². The predicted octanol–water partition coefficient (Wildman–Crippen LogP) is 5.37. The van der Waals surface area contributed by atoms with Crippen LogP contribution in [0.3, 0.4) is 0 Å². The van der Waals surface area contributed by atoms with Crippen LogP contribution in [0.25, 0.3) is 0 Å². The summed E-state index contributed by atoms with van der Waals surface area (Å²) in [6, 6.07) is 21.5. The highest BCUT2D eigenvalue weighted by atomic mass is 35.5. The molecule has 0 fully saturated rings. The minimum absolute atomic E-state index is 0.251. The smallest absolute Gasteiger partial charge is 0.335 e. The molecule has 4 nitrogen and oxygen atoms in total. The summed E-state index contributed by atoms with van der Waals surface area (Å²) in [6.07, 6.45) is 1.71. The molecule has 5 heteroatoms. The van der Waals surface area contributed by atoms with E-state index in [4.69, 9.17) is 21.4 Å². The third-order valence-corrected chi connectivity index (χ3v) is 4.03. The van der Waals surface area contributed by atoms with Gasteiger partial charge < -0.3 is 9.84 Å². The lowest BCUT2D eigenvalue weighted by Gasteiger charge is -2.09. The van der Waals surface area contributed by atoms with Crippen LogP contribution in [0.5, 0.6) is 5.75 Å². The van der Waals surface area contributed by atoms with Crippen molar-refractivity contribution in [3.63, 3.8) is 0 Å². The van der Waals surface area contributed by atoms with Crippen molar-refractivity contribution in [2.75, 3.05) is 0 Å². The first-order valence-corrected chi connectivity index (χ1v) is 8.34. The summed E-state index contributed by atoms with van der Waals surface area (Å²) in [5.74, 6) is -0.260. The Morgan fingerprint density at radius 2 is 1.69 bits per heavy atom. The Hall–Kier alpha value is -3.11. The lowest BCUT2D eigenvalue weighted by molar-refractivity contribution is 0.0697. The number of nitrogens with zero attached hydrogens (tertiary/aromatic N) is 1. The molecular formula is C21H16ClNO3. The Kier molecular flexibility index (Phi) is 5.66. The van der Waals surface area contributed by atoms with Gasteiger partial charge in [-0.15, -0.1) is 0 Å². The first-order chi connectivity index (χ1) is 12.6. The fourth-order valence-electron chi connectivity index (χ4n) is 2.32. The normalized spacial score (nSPS) is 10.8. The van der Waals surface area contributed by atoms with Crippen LogP contribution in [0.2, 0.25) is 5.02 Å². The standard InChI is InChI=1S/C21H16ClNO3/c22-18-6-2-3-7-19(18)23-13-17-5-1-4-8-20(17)26-14-15-9-11-16(12-10-15)21(24)25/h1-13H,14H2,(H,24,25). The Morgan fingerprint density at radius 1 is 1.00 bits per heavy atom. The summed E-state index contributed by atoms with van der Waals surface area (Å²) in [7, 11) is 0. The number of hydrogen-bond donors (Lipinski definition) is 1. The number of aromatic carboxylic acids is 1. The van der Waals surface area contributed by atoms with E-state index in [-0.39, 0.29) is 5.56 Å². The SMILES string of the molecule is O=C(O)c1ccc(COc2ccccc2C=Nc2ccccc2Cl)cc1. The molecule has 0 atom stereocenters. The molecule has 0 aliphatic carbocycles. The van der Waals surface area contributed by atoms with Crippen LogP contribution in [0.1, 0.15) is 21.5 Å². The quantitative estimate of drug-likeness (QED) is 0.597. The number of benzene rings is 3. The predicted molar refractivity (Wildman–Crippen MR) is 103 cm³/mol. The first-order valence-electron chi connectivity index (χ1n) is 7.96. The molecule has 0 aliphatic heterocycles. The van der Waals surface area contributed by atoms with Crippen LogP contribution in [-0.2, 0) is 6.61 Å². The maximum atomic E-state index is 10.9. The molecule has 0 aliphatic rings. The number of carboxylic acid groups (broad SMARTS) is 1. The Labute approximate surface area is 156 Å². The maximum absolute atomic E-state index is 10.9. The summed E-state index contributed by atoms with van der Waals surface area (Å²) in [6.45, 7) is 0.330. The van der Waals surface area contributed by atoms with Crippen molar-refractivity contribution < 1.29 is 14.6 Å². The zero-order valence-electron chi connectivity index (χ0n) is 13.8. The van der Waals surface area contributed by atoms with Gasteiger partial charge in [0, 0.05) is 11.8 Å². The van der Waals surface area contributed by atoms with E-state index < -0.39 is 5.97 Å². The number of para-hydroxylation sites is 2. The van der Waals surface area contributed by atoms with E-state index in [2.05, 4.69) is 4.99 Å². The average molecular weight is 366 g/mol. The van der Waals surface area contributed by atoms with Gasteiger partial charge in [0.1, 0.15) is 12.4 Å². The van der Waals surface area contributed by atoms with E-state index in [0.29, 0.717) is 23.1 Å². The molecule has 3 aromatic rings. The van der Waals surface area contributed by atoms with Gasteiger partial charge in [-0.05, 0) is 42.0 Å². The van der Waals surface area contributed by atoms with Crippen LogP contribution in [0, 0.1) is 0 Å². The topological polar surface area (TPSA) is 58.9 Å². The summed E-state index contributed by atoms with van der Waals surface area (Å²) in [4.78, 5) is 15.3. The molecule has 0 radical (unpaired) electrons. The molecular weight excluding hydrogens is 350 g/mol. The number of carboxylic acids is 1. The van der Waals surface area contributed by atoms with Gasteiger partial charge in [-0.25, -0.2) is 4.79 Å². The highest BCUT2D eigenvalue weighted by molar-refractivity contribution is 6.33. The molecule has 3 rings (SSSR count). The van der Waals surface area contributed by atoms with Gasteiger partial charge >= 0.3 is 5.97 Å². The lowest BCUT2D eigenvalue weighted by Crippen LogP contribution is -2.00. The second kappa shape index (κ2) is 8.32. The molecule has 0 aromatic heterocycles. The molecule has 3 aromatic carbocycles. The zero-order chi connectivity index (χ0) is 18.4. The van der Waals surface area contributed by atoms with E-state index in [0.717, 1.165) is 11.1 Å². The van der Waals surface area contributed by atoms with Gasteiger partial charge in [0.05, 0.1) is 16.3 Å². The molecule has 0 spiro atoms. The average Bonchev–Trinajstić information content (AvgIpc) is 2.66. The van der Waals surface area contributed by atoms with E-state index in [1.165, 1.54) is 0 Å². The van der Waals surface area contributed by atoms with Gasteiger partial charge in [-0.1, -0.05) is 48.0 Å². The van der Waals surface area contributed by atoms with E-state index >= 15 is 0 Å². The number of ether oxygens (including phenoxy) is 1. The molecule has 130 valence electrons. The second-order valence-electron chi connectivity index (χ2n) is 5.54. The van der Waals surface area contributed by atoms with Gasteiger partial charge in [0.25, 0.3) is 0 Å². The number of halogens is 1. The van der Waals surface area contributed by atoms with E-state index in [1.54, 1.807) is 36.5 Å². The fraction of sp³-hybridized carbons (Fsp3) is 0.0476. The minimum atomic E-state index is -0.946. The number of carbonyl (C=O) groups is 1. The van der Waals surface area contributed by atoms with Gasteiger partial charge in [0.15, 0.2) is 0 Å². The van der Waals surface area contributed by atoms with Gasteiger partial charge in [0.2, 0.25) is 0 Å². The molecule has 0 amide bonds. The van der Waals surface area contributed by atoms with Crippen LogP contribution in [-0.4, -0.2) is 17.3 Å². The van der Waals surface area contributed by atoms with Crippen molar-refractivity contribution in [2.24, 2.45) is 4.99 Å². The fourth-order valence-corrected chi connectivity index (χ4v) is 2.50. The van der Waals surface area contributed by atoms with Crippen molar-refractivity contribution in [3.8, 4) is 5.75 Å². The minimum Gasteiger partial charge on any atom is -0.488 e. The zero-order valence-corrected chi connectivity index (χ0v) is 14.6. The second-order valence-corrected chi connectivity index (χ2v) is 5.95. The highest BCUT2D eigenvalue weighted by Crippen LogP contribution is 2.25. The Bertz CT molecular complexity index is 936. The molecule has 1 N–H and O–H groups in total. The number of aliphatic imine (C=N–C) groups is 1. The molecule has 0 unspecified atom stereocenters. The summed E-state index contributed by atoms with van der Waals surface area (Å²) < 4.78 is 5.87. The summed E-state index contributed by atoms with van der Waals surface area (Å²) in [5.41, 5.74) is 2.65. The third-order valence-electron chi connectivity index (χ3n) is 3.71. The maximum Gasteiger partial charge on any atom is 0.335 e. The molecule has 26 heavy (non-hydrogen) atoms. The van der Waals surface area contributed by atoms with Crippen molar-refractivity contribution in [1.29, 1.82) is 0 Å². The largest absolute Gasteiger partial charge is 0.488 e. The van der Waals surface area contributed by atoms with Crippen LogP contribution >= 0.6 is 11.6 Å². The summed E-state index contributed by atoms with van der Waals surface area (Å²) >= 11 is 6.12. The number of rotatable bonds is 6. The molecule has 0 bridgehead atoms. The molecule has 0 saturated carbocycles. The Morgan fingerprint density at radius 3 is 2.42 bits per heavy atom. The first kappa shape index (κ1) is 17.7. The Balaban J connectivity index is 1.73. The van der Waals surface area contributed by atoms with Crippen LogP contribution in [0.4, 0.5) is 5.69 Å². The van der Waals surface area contributed by atoms with Gasteiger partial charge in [-0.2, -0.15) is 0 Å². The lowest BCUT2D eigenvalue weighted by atomic mass is 10.1. The van der Waals surface area contributed by atoms with Crippen LogP contribution in [0.15, 0.2) is 77.8 Å². The van der Waals surface area contributed by atoms with Crippen molar-refractivity contribution >= 4 is 29.5 Å².